The highest BCUT2D eigenvalue weighted by atomic mass is 16.5. The quantitative estimate of drug-likeness (QED) is 0.917. The number of nitrogens with one attached hydrogen (secondary N) is 1. The third-order valence-electron chi connectivity index (χ3n) is 3.71. The van der Waals surface area contributed by atoms with Crippen molar-refractivity contribution < 1.29 is 4.74 Å². The Labute approximate surface area is 113 Å². The van der Waals surface area contributed by atoms with Gasteiger partial charge < -0.3 is 14.6 Å². The van der Waals surface area contributed by atoms with Gasteiger partial charge in [-0.3, -0.25) is 0 Å². The average molecular weight is 257 g/mol. The van der Waals surface area contributed by atoms with Gasteiger partial charge in [0, 0.05) is 30.4 Å². The third kappa shape index (κ3) is 2.49. The number of hydrogen-bond donors (Lipinski definition) is 1. The largest absolute Gasteiger partial charge is 0.497 e. The summed E-state index contributed by atoms with van der Waals surface area (Å²) in [5.74, 6) is 1.42. The van der Waals surface area contributed by atoms with E-state index in [1.54, 1.807) is 7.11 Å². The monoisotopic (exact) mass is 257 g/mol. The summed E-state index contributed by atoms with van der Waals surface area (Å²) in [5.41, 5.74) is 2.39. The first-order valence-corrected chi connectivity index (χ1v) is 6.76. The zero-order valence-corrected chi connectivity index (χ0v) is 11.2. The van der Waals surface area contributed by atoms with Crippen molar-refractivity contribution in [2.24, 2.45) is 0 Å². The van der Waals surface area contributed by atoms with Gasteiger partial charge in [-0.25, -0.2) is 4.98 Å². The molecule has 1 atom stereocenters. The summed E-state index contributed by atoms with van der Waals surface area (Å²) in [6.45, 7) is 2.17. The Morgan fingerprint density at radius 2 is 2.37 bits per heavy atom. The molecular formula is C15H19N3O. The maximum atomic E-state index is 5.29. The Hall–Kier alpha value is -1.81. The smallest absolute Gasteiger partial charge is 0.120 e. The summed E-state index contributed by atoms with van der Waals surface area (Å²) in [4.78, 5) is 4.32. The van der Waals surface area contributed by atoms with Gasteiger partial charge in [-0.05, 0) is 31.5 Å². The van der Waals surface area contributed by atoms with E-state index in [9.17, 15) is 0 Å². The molecule has 1 aromatic heterocycles. The molecule has 0 spiro atoms. The highest BCUT2D eigenvalue weighted by molar-refractivity contribution is 5.41. The standard InChI is InChI=1S/C15H19N3O/c1-19-14-6-2-5-13(8-14)18-11-17-10-15(18)12-4-3-7-16-9-12/h2,5-6,8,10-12,16H,3-4,7,9H2,1H3. The maximum Gasteiger partial charge on any atom is 0.120 e. The molecule has 0 bridgehead atoms. The van der Waals surface area contributed by atoms with Crippen molar-refractivity contribution in [3.8, 4) is 11.4 Å². The van der Waals surface area contributed by atoms with Gasteiger partial charge in [-0.15, -0.1) is 0 Å². The van der Waals surface area contributed by atoms with Gasteiger partial charge in [-0.2, -0.15) is 0 Å². The summed E-state index contributed by atoms with van der Waals surface area (Å²) < 4.78 is 7.46. The van der Waals surface area contributed by atoms with Crippen LogP contribution in [0.2, 0.25) is 0 Å². The van der Waals surface area contributed by atoms with E-state index in [-0.39, 0.29) is 0 Å². The SMILES string of the molecule is COc1cccc(-n2cncc2C2CCCNC2)c1. The molecule has 3 rings (SSSR count). The Morgan fingerprint density at radius 1 is 1.42 bits per heavy atom. The van der Waals surface area contributed by atoms with E-state index in [0.717, 1.165) is 24.5 Å². The number of imidazole rings is 1. The van der Waals surface area contributed by atoms with Crippen molar-refractivity contribution in [1.82, 2.24) is 14.9 Å². The second-order valence-corrected chi connectivity index (χ2v) is 4.93. The van der Waals surface area contributed by atoms with Crippen LogP contribution in [0.5, 0.6) is 5.75 Å². The first-order chi connectivity index (χ1) is 9.38. The molecule has 0 aliphatic carbocycles. The minimum atomic E-state index is 0.544. The highest BCUT2D eigenvalue weighted by Crippen LogP contribution is 2.26. The predicted molar refractivity (Wildman–Crippen MR) is 75.0 cm³/mol. The maximum absolute atomic E-state index is 5.29. The van der Waals surface area contributed by atoms with Gasteiger partial charge in [0.1, 0.15) is 5.75 Å². The Morgan fingerprint density at radius 3 is 3.16 bits per heavy atom. The Balaban J connectivity index is 1.94. The molecule has 2 aromatic rings. The zero-order valence-electron chi connectivity index (χ0n) is 11.2. The second-order valence-electron chi connectivity index (χ2n) is 4.93. The summed E-state index contributed by atoms with van der Waals surface area (Å²) in [6, 6.07) is 8.10. The van der Waals surface area contributed by atoms with Crippen LogP contribution in [0.25, 0.3) is 5.69 Å². The van der Waals surface area contributed by atoms with E-state index >= 15 is 0 Å². The Kier molecular flexibility index (Phi) is 3.51. The van der Waals surface area contributed by atoms with Gasteiger partial charge in [0.15, 0.2) is 0 Å². The second kappa shape index (κ2) is 5.45. The van der Waals surface area contributed by atoms with Crippen molar-refractivity contribution in [1.29, 1.82) is 0 Å². The topological polar surface area (TPSA) is 39.1 Å². The van der Waals surface area contributed by atoms with Crippen LogP contribution in [0.4, 0.5) is 0 Å². The number of ether oxygens (including phenoxy) is 1. The van der Waals surface area contributed by atoms with Gasteiger partial charge >= 0.3 is 0 Å². The van der Waals surface area contributed by atoms with Crippen molar-refractivity contribution in [3.63, 3.8) is 0 Å². The molecule has 2 heterocycles. The molecule has 0 amide bonds. The van der Waals surface area contributed by atoms with E-state index < -0.39 is 0 Å². The summed E-state index contributed by atoms with van der Waals surface area (Å²) in [6.07, 6.45) is 6.33. The number of nitrogens with zero attached hydrogens (tertiary/aromatic N) is 2. The lowest BCUT2D eigenvalue weighted by Gasteiger charge is -2.23. The molecule has 1 aliphatic heterocycles. The minimum Gasteiger partial charge on any atom is -0.497 e. The molecule has 0 radical (unpaired) electrons. The van der Waals surface area contributed by atoms with Crippen LogP contribution in [-0.2, 0) is 0 Å². The lowest BCUT2D eigenvalue weighted by Crippen LogP contribution is -2.29. The summed E-state index contributed by atoms with van der Waals surface area (Å²) in [5, 5.41) is 3.46. The van der Waals surface area contributed by atoms with E-state index in [2.05, 4.69) is 20.9 Å². The predicted octanol–water partition coefficient (Wildman–Crippen LogP) is 2.35. The van der Waals surface area contributed by atoms with Crippen LogP contribution >= 0.6 is 0 Å². The van der Waals surface area contributed by atoms with Crippen molar-refractivity contribution in [2.45, 2.75) is 18.8 Å². The molecule has 1 N–H and O–H groups in total. The average Bonchev–Trinajstić information content (AvgIpc) is 2.98. The Bertz CT molecular complexity index is 544. The molecule has 0 saturated carbocycles. The van der Waals surface area contributed by atoms with Gasteiger partial charge in [-0.1, -0.05) is 6.07 Å². The first-order valence-electron chi connectivity index (χ1n) is 6.76. The molecule has 1 fully saturated rings. The first kappa shape index (κ1) is 12.2. The third-order valence-corrected chi connectivity index (χ3v) is 3.71. The minimum absolute atomic E-state index is 0.544. The normalized spacial score (nSPS) is 19.3. The number of aromatic nitrogens is 2. The van der Waals surface area contributed by atoms with E-state index in [1.165, 1.54) is 18.5 Å². The lowest BCUT2D eigenvalue weighted by molar-refractivity contribution is 0.414. The van der Waals surface area contributed by atoms with Crippen LogP contribution in [0.15, 0.2) is 36.8 Å². The summed E-state index contributed by atoms with van der Waals surface area (Å²) >= 11 is 0. The van der Waals surface area contributed by atoms with E-state index in [4.69, 9.17) is 4.74 Å². The number of rotatable bonds is 3. The fourth-order valence-electron chi connectivity index (χ4n) is 2.69. The van der Waals surface area contributed by atoms with Crippen molar-refractivity contribution in [3.05, 3.63) is 42.5 Å². The number of benzene rings is 1. The molecule has 1 saturated heterocycles. The fraction of sp³-hybridized carbons (Fsp3) is 0.400. The van der Waals surface area contributed by atoms with Crippen LogP contribution in [0.3, 0.4) is 0 Å². The highest BCUT2D eigenvalue weighted by Gasteiger charge is 2.19. The van der Waals surface area contributed by atoms with Crippen LogP contribution < -0.4 is 10.1 Å². The molecule has 19 heavy (non-hydrogen) atoms. The molecule has 4 nitrogen and oxygen atoms in total. The molecule has 100 valence electrons. The van der Waals surface area contributed by atoms with E-state index in [1.807, 2.05) is 30.7 Å². The molecule has 1 aliphatic rings. The number of hydrogen-bond acceptors (Lipinski definition) is 3. The number of methoxy groups -OCH3 is 1. The van der Waals surface area contributed by atoms with Crippen molar-refractivity contribution >= 4 is 0 Å². The van der Waals surface area contributed by atoms with Crippen LogP contribution in [0.1, 0.15) is 24.5 Å². The van der Waals surface area contributed by atoms with Gasteiger partial charge in [0.2, 0.25) is 0 Å². The van der Waals surface area contributed by atoms with Gasteiger partial charge in [0.25, 0.3) is 0 Å². The fourth-order valence-corrected chi connectivity index (χ4v) is 2.69. The molecule has 1 aromatic carbocycles. The van der Waals surface area contributed by atoms with E-state index in [0.29, 0.717) is 5.92 Å². The van der Waals surface area contributed by atoms with Crippen LogP contribution in [0, 0.1) is 0 Å². The van der Waals surface area contributed by atoms with Gasteiger partial charge in [0.05, 0.1) is 19.1 Å². The summed E-state index contributed by atoms with van der Waals surface area (Å²) in [7, 11) is 1.69. The van der Waals surface area contributed by atoms with Crippen LogP contribution in [-0.4, -0.2) is 29.8 Å². The number of piperidine rings is 1. The molecule has 4 heteroatoms. The zero-order chi connectivity index (χ0) is 13.1. The lowest BCUT2D eigenvalue weighted by atomic mass is 9.96. The molecule has 1 unspecified atom stereocenters. The molecular weight excluding hydrogens is 238 g/mol. The van der Waals surface area contributed by atoms with Crippen molar-refractivity contribution in [2.75, 3.05) is 20.2 Å².